The summed E-state index contributed by atoms with van der Waals surface area (Å²) in [4.78, 5) is 13.8. The summed E-state index contributed by atoms with van der Waals surface area (Å²) in [6, 6.07) is 6.30. The highest BCUT2D eigenvalue weighted by Crippen LogP contribution is 2.36. The molecule has 6 nitrogen and oxygen atoms in total. The van der Waals surface area contributed by atoms with Crippen LogP contribution >= 0.6 is 11.6 Å². The second-order valence-electron chi connectivity index (χ2n) is 5.68. The normalized spacial score (nSPS) is 11.5. The van der Waals surface area contributed by atoms with Gasteiger partial charge in [0.1, 0.15) is 0 Å². The van der Waals surface area contributed by atoms with Crippen LogP contribution in [0.3, 0.4) is 0 Å². The maximum Gasteiger partial charge on any atom is 0.417 e. The summed E-state index contributed by atoms with van der Waals surface area (Å²) in [6.45, 7) is 1.13. The summed E-state index contributed by atoms with van der Waals surface area (Å²) in [5.41, 5.74) is -0.686. The summed E-state index contributed by atoms with van der Waals surface area (Å²) < 4.78 is 38.6. The van der Waals surface area contributed by atoms with Crippen LogP contribution in [0, 0.1) is 0 Å². The van der Waals surface area contributed by atoms with Crippen LogP contribution in [-0.2, 0) is 6.18 Å². The molecule has 1 amide bonds. The summed E-state index contributed by atoms with van der Waals surface area (Å²) in [7, 11) is 3.76. The van der Waals surface area contributed by atoms with E-state index in [0.717, 1.165) is 12.1 Å². The fraction of sp³-hybridized carbons (Fsp3) is 0.312. The van der Waals surface area contributed by atoms with Crippen LogP contribution in [0.4, 0.5) is 24.7 Å². The number of alkyl halides is 3. The van der Waals surface area contributed by atoms with Crippen LogP contribution in [-0.4, -0.2) is 48.2 Å². The maximum atomic E-state index is 12.9. The minimum absolute atomic E-state index is 0.112. The molecule has 0 radical (unpaired) electrons. The van der Waals surface area contributed by atoms with Gasteiger partial charge in [-0.2, -0.15) is 13.2 Å². The minimum atomic E-state index is -4.56. The Balaban J connectivity index is 2.04. The zero-order valence-electron chi connectivity index (χ0n) is 14.1. The molecule has 0 atom stereocenters. The molecule has 0 aliphatic carbocycles. The first-order chi connectivity index (χ1) is 12.2. The van der Waals surface area contributed by atoms with E-state index >= 15 is 0 Å². The van der Waals surface area contributed by atoms with Gasteiger partial charge < -0.3 is 15.5 Å². The quantitative estimate of drug-likeness (QED) is 0.796. The van der Waals surface area contributed by atoms with Crippen LogP contribution in [0.15, 0.2) is 30.3 Å². The number of hydrogen-bond donors (Lipinski definition) is 2. The van der Waals surface area contributed by atoms with Gasteiger partial charge in [0.15, 0.2) is 11.5 Å². The number of amides is 1. The summed E-state index contributed by atoms with van der Waals surface area (Å²) in [6.07, 6.45) is -4.56. The summed E-state index contributed by atoms with van der Waals surface area (Å²) in [5, 5.41) is 12.6. The first kappa shape index (κ1) is 19.9. The topological polar surface area (TPSA) is 70.2 Å². The zero-order chi connectivity index (χ0) is 19.3. The van der Waals surface area contributed by atoms with Crippen molar-refractivity contribution >= 4 is 29.0 Å². The van der Waals surface area contributed by atoms with E-state index in [-0.39, 0.29) is 28.1 Å². The second-order valence-corrected chi connectivity index (χ2v) is 6.09. The van der Waals surface area contributed by atoms with E-state index < -0.39 is 11.7 Å². The highest BCUT2D eigenvalue weighted by Gasteiger charge is 2.33. The number of nitrogens with one attached hydrogen (secondary N) is 2. The lowest BCUT2D eigenvalue weighted by Crippen LogP contribution is -2.31. The number of benzene rings is 1. The molecule has 0 aliphatic rings. The molecule has 0 spiro atoms. The van der Waals surface area contributed by atoms with Crippen molar-refractivity contribution in [2.75, 3.05) is 32.5 Å². The third kappa shape index (κ3) is 5.57. The molecule has 0 unspecified atom stereocenters. The number of likely N-dealkylation sites (N-methyl/N-ethyl adjacent to an activating group) is 1. The molecule has 2 N–H and O–H groups in total. The number of hydrogen-bond acceptors (Lipinski definition) is 5. The van der Waals surface area contributed by atoms with E-state index in [1.807, 2.05) is 19.0 Å². The predicted octanol–water partition coefficient (Wildman–Crippen LogP) is 3.18. The number of nitrogens with zero attached hydrogens (tertiary/aromatic N) is 3. The molecule has 2 aromatic rings. The molecule has 1 aromatic carbocycles. The van der Waals surface area contributed by atoms with Crippen molar-refractivity contribution in [3.8, 4) is 0 Å². The van der Waals surface area contributed by atoms with Crippen molar-refractivity contribution in [2.24, 2.45) is 0 Å². The Kier molecular flexibility index (Phi) is 6.38. The van der Waals surface area contributed by atoms with E-state index in [2.05, 4.69) is 20.8 Å². The molecular weight excluding hydrogens is 371 g/mol. The van der Waals surface area contributed by atoms with Crippen molar-refractivity contribution in [1.29, 1.82) is 0 Å². The van der Waals surface area contributed by atoms with Gasteiger partial charge in [0, 0.05) is 18.8 Å². The number of anilines is 2. The first-order valence-corrected chi connectivity index (χ1v) is 7.95. The molecule has 10 heteroatoms. The lowest BCUT2D eigenvalue weighted by molar-refractivity contribution is -0.137. The van der Waals surface area contributed by atoms with Crippen LogP contribution < -0.4 is 10.6 Å². The van der Waals surface area contributed by atoms with Crippen molar-refractivity contribution in [2.45, 2.75) is 6.18 Å². The Hall–Kier alpha value is -2.39. The highest BCUT2D eigenvalue weighted by atomic mass is 35.5. The lowest BCUT2D eigenvalue weighted by atomic mass is 10.2. The number of aromatic nitrogens is 2. The average Bonchev–Trinajstić information content (AvgIpc) is 2.56. The minimum Gasteiger partial charge on any atom is -0.349 e. The molecule has 1 heterocycles. The standard InChI is InChI=1S/C16H17ClF3N5O/c1-25(2)8-7-21-15(26)13-5-6-14(24-23-13)22-10-3-4-12(17)11(9-10)16(18,19)20/h3-6,9H,7-8H2,1-2H3,(H,21,26)(H,22,24). The fourth-order valence-corrected chi connectivity index (χ4v) is 2.20. The van der Waals surface area contributed by atoms with Gasteiger partial charge in [-0.25, -0.2) is 0 Å². The van der Waals surface area contributed by atoms with E-state index in [1.54, 1.807) is 0 Å². The van der Waals surface area contributed by atoms with Crippen molar-refractivity contribution in [3.63, 3.8) is 0 Å². The van der Waals surface area contributed by atoms with Gasteiger partial charge >= 0.3 is 6.18 Å². The third-order valence-corrected chi connectivity index (χ3v) is 3.62. The number of carbonyl (C=O) groups excluding carboxylic acids is 1. The number of rotatable bonds is 6. The van der Waals surface area contributed by atoms with Crippen LogP contribution in [0.5, 0.6) is 0 Å². The van der Waals surface area contributed by atoms with Crippen LogP contribution in [0.2, 0.25) is 5.02 Å². The zero-order valence-corrected chi connectivity index (χ0v) is 14.8. The van der Waals surface area contributed by atoms with Crippen LogP contribution in [0.25, 0.3) is 0 Å². The van der Waals surface area contributed by atoms with E-state index in [4.69, 9.17) is 11.6 Å². The molecule has 1 aromatic heterocycles. The molecule has 2 rings (SSSR count). The van der Waals surface area contributed by atoms with Crippen molar-refractivity contribution < 1.29 is 18.0 Å². The Morgan fingerprint density at radius 1 is 1.19 bits per heavy atom. The Morgan fingerprint density at radius 2 is 1.92 bits per heavy atom. The number of halogens is 4. The molecule has 0 aliphatic heterocycles. The highest BCUT2D eigenvalue weighted by molar-refractivity contribution is 6.31. The van der Waals surface area contributed by atoms with Gasteiger partial charge in [-0.15, -0.1) is 10.2 Å². The van der Waals surface area contributed by atoms with Crippen molar-refractivity contribution in [3.05, 3.63) is 46.6 Å². The first-order valence-electron chi connectivity index (χ1n) is 7.57. The largest absolute Gasteiger partial charge is 0.417 e. The Morgan fingerprint density at radius 3 is 2.50 bits per heavy atom. The summed E-state index contributed by atoms with van der Waals surface area (Å²) in [5.74, 6) is -0.179. The molecular formula is C16H17ClF3N5O. The van der Waals surface area contributed by atoms with Crippen molar-refractivity contribution in [1.82, 2.24) is 20.4 Å². The molecule has 0 fully saturated rings. The van der Waals surface area contributed by atoms with Crippen LogP contribution in [0.1, 0.15) is 16.1 Å². The SMILES string of the molecule is CN(C)CCNC(=O)c1ccc(Nc2ccc(Cl)c(C(F)(F)F)c2)nn1. The Bertz CT molecular complexity index is 765. The smallest absolute Gasteiger partial charge is 0.349 e. The molecule has 0 bridgehead atoms. The van der Waals surface area contributed by atoms with E-state index in [9.17, 15) is 18.0 Å². The van der Waals surface area contributed by atoms with E-state index in [1.165, 1.54) is 18.2 Å². The summed E-state index contributed by atoms with van der Waals surface area (Å²) >= 11 is 5.58. The third-order valence-electron chi connectivity index (χ3n) is 3.29. The molecule has 0 saturated carbocycles. The van der Waals surface area contributed by atoms with Gasteiger partial charge in [-0.1, -0.05) is 11.6 Å². The molecule has 26 heavy (non-hydrogen) atoms. The monoisotopic (exact) mass is 387 g/mol. The van der Waals surface area contributed by atoms with Gasteiger partial charge in [-0.05, 0) is 44.4 Å². The van der Waals surface area contributed by atoms with Gasteiger partial charge in [0.25, 0.3) is 5.91 Å². The van der Waals surface area contributed by atoms with E-state index in [0.29, 0.717) is 13.1 Å². The second kappa shape index (κ2) is 8.33. The lowest BCUT2D eigenvalue weighted by Gasteiger charge is -2.12. The molecule has 140 valence electrons. The molecule has 0 saturated heterocycles. The van der Waals surface area contributed by atoms with Gasteiger partial charge in [0.05, 0.1) is 10.6 Å². The fourth-order valence-electron chi connectivity index (χ4n) is 1.97. The van der Waals surface area contributed by atoms with Gasteiger partial charge in [-0.3, -0.25) is 4.79 Å². The predicted molar refractivity (Wildman–Crippen MR) is 92.7 cm³/mol. The Labute approximate surface area is 153 Å². The average molecular weight is 388 g/mol. The number of carbonyl (C=O) groups is 1. The van der Waals surface area contributed by atoms with Gasteiger partial charge in [0.2, 0.25) is 0 Å². The maximum absolute atomic E-state index is 12.9.